The number of nitrogens with two attached hydrogens (primary N) is 1. The van der Waals surface area contributed by atoms with Gasteiger partial charge in [-0.25, -0.2) is 4.79 Å². The predicted octanol–water partition coefficient (Wildman–Crippen LogP) is 0.765. The Kier molecular flexibility index (Phi) is 11.9. The van der Waals surface area contributed by atoms with E-state index in [-0.39, 0.29) is 25.2 Å². The molecule has 0 radical (unpaired) electrons. The molecule has 5 unspecified atom stereocenters. The van der Waals surface area contributed by atoms with E-state index in [0.29, 0.717) is 5.56 Å². The zero-order valence-electron chi connectivity index (χ0n) is 22.0. The minimum absolute atomic E-state index is 0.0116. The van der Waals surface area contributed by atoms with Crippen molar-refractivity contribution >= 4 is 23.7 Å². The molecule has 0 aliphatic heterocycles. The van der Waals surface area contributed by atoms with Gasteiger partial charge in [-0.15, -0.1) is 0 Å². The molecule has 10 heteroatoms. The Morgan fingerprint density at radius 1 is 0.737 bits per heavy atom. The summed E-state index contributed by atoms with van der Waals surface area (Å²) in [6.45, 7) is 5.05. The van der Waals surface area contributed by atoms with Gasteiger partial charge in [-0.1, -0.05) is 74.5 Å². The molecule has 0 fully saturated rings. The third-order valence-electron chi connectivity index (χ3n) is 5.94. The minimum atomic E-state index is -1.44. The summed E-state index contributed by atoms with van der Waals surface area (Å²) in [6, 6.07) is 13.4. The van der Waals surface area contributed by atoms with E-state index >= 15 is 0 Å². The molecule has 3 amide bonds. The molecular formula is C28H38N4O6. The number of benzene rings is 2. The summed E-state index contributed by atoms with van der Waals surface area (Å²) < 4.78 is 0. The smallest absolute Gasteiger partial charge is 0.326 e. The zero-order chi connectivity index (χ0) is 28.2. The van der Waals surface area contributed by atoms with E-state index in [1.807, 2.05) is 44.2 Å². The van der Waals surface area contributed by atoms with E-state index in [1.54, 1.807) is 30.3 Å². The van der Waals surface area contributed by atoms with Crippen LogP contribution in [-0.4, -0.2) is 64.2 Å². The number of hydrogen-bond donors (Lipinski definition) is 6. The second-order valence-corrected chi connectivity index (χ2v) is 9.80. The van der Waals surface area contributed by atoms with Gasteiger partial charge in [0.2, 0.25) is 17.7 Å². The Morgan fingerprint density at radius 2 is 1.24 bits per heavy atom. The first-order valence-corrected chi connectivity index (χ1v) is 12.6. The van der Waals surface area contributed by atoms with E-state index in [0.717, 1.165) is 5.56 Å². The highest BCUT2D eigenvalue weighted by molar-refractivity contribution is 5.94. The average Bonchev–Trinajstić information content (AvgIpc) is 2.86. The van der Waals surface area contributed by atoms with Crippen LogP contribution in [0.25, 0.3) is 0 Å². The van der Waals surface area contributed by atoms with E-state index in [4.69, 9.17) is 5.73 Å². The molecule has 0 saturated carbocycles. The highest BCUT2D eigenvalue weighted by Crippen LogP contribution is 2.09. The van der Waals surface area contributed by atoms with Crippen molar-refractivity contribution in [2.24, 2.45) is 11.7 Å². The van der Waals surface area contributed by atoms with Gasteiger partial charge >= 0.3 is 5.97 Å². The number of aliphatic hydroxyl groups is 1. The molecule has 0 aliphatic rings. The first-order valence-electron chi connectivity index (χ1n) is 12.6. The molecule has 0 saturated heterocycles. The fourth-order valence-corrected chi connectivity index (χ4v) is 3.91. The number of aliphatic carboxylic acids is 1. The van der Waals surface area contributed by atoms with Crippen LogP contribution >= 0.6 is 0 Å². The summed E-state index contributed by atoms with van der Waals surface area (Å²) in [5.74, 6) is -3.31. The quantitative estimate of drug-likeness (QED) is 0.211. The second kappa shape index (κ2) is 14.8. The van der Waals surface area contributed by atoms with E-state index in [1.165, 1.54) is 6.92 Å². The van der Waals surface area contributed by atoms with Crippen molar-refractivity contribution in [3.8, 4) is 0 Å². The largest absolute Gasteiger partial charge is 0.480 e. The number of carboxylic acids is 1. The molecule has 2 aromatic carbocycles. The molecule has 2 rings (SSSR count). The van der Waals surface area contributed by atoms with Gasteiger partial charge in [0.05, 0.1) is 12.1 Å². The minimum Gasteiger partial charge on any atom is -0.480 e. The van der Waals surface area contributed by atoms with Crippen LogP contribution in [0, 0.1) is 5.92 Å². The molecular weight excluding hydrogens is 488 g/mol. The molecule has 38 heavy (non-hydrogen) atoms. The highest BCUT2D eigenvalue weighted by Gasteiger charge is 2.33. The highest BCUT2D eigenvalue weighted by atomic mass is 16.4. The average molecular weight is 527 g/mol. The number of carboxylic acid groups (broad SMARTS) is 1. The SMILES string of the molecule is CC(C)CC(NC(=O)C(N)Cc1ccccc1)C(=O)NC(C(=O)NC(Cc1ccccc1)C(=O)O)C(C)O. The fraction of sp³-hybridized carbons (Fsp3) is 0.429. The number of carbonyl (C=O) groups is 4. The number of nitrogens with one attached hydrogen (secondary N) is 3. The number of hydrogen-bond acceptors (Lipinski definition) is 6. The summed E-state index contributed by atoms with van der Waals surface area (Å²) in [5.41, 5.74) is 7.64. The molecule has 206 valence electrons. The van der Waals surface area contributed by atoms with Crippen LogP contribution in [0.2, 0.25) is 0 Å². The summed E-state index contributed by atoms with van der Waals surface area (Å²) in [4.78, 5) is 50.7. The molecule has 0 aliphatic carbocycles. The van der Waals surface area contributed by atoms with Gasteiger partial charge in [0.25, 0.3) is 0 Å². The summed E-state index contributed by atoms with van der Waals surface area (Å²) >= 11 is 0. The Morgan fingerprint density at radius 3 is 1.71 bits per heavy atom. The Labute approximate surface area is 223 Å². The van der Waals surface area contributed by atoms with Crippen molar-refractivity contribution in [1.29, 1.82) is 0 Å². The standard InChI is InChI=1S/C28H38N4O6/c1-17(2)14-22(30-25(34)21(29)15-19-10-6-4-7-11-19)26(35)32-24(18(3)33)27(36)31-23(28(37)38)16-20-12-8-5-9-13-20/h4-13,17-18,21-24,33H,14-16,29H2,1-3H3,(H,30,34)(H,31,36)(H,32,35)(H,37,38). The molecule has 10 nitrogen and oxygen atoms in total. The molecule has 7 N–H and O–H groups in total. The summed E-state index contributed by atoms with van der Waals surface area (Å²) in [6.07, 6.45) is -0.774. The van der Waals surface area contributed by atoms with E-state index in [2.05, 4.69) is 16.0 Å². The lowest BCUT2D eigenvalue weighted by atomic mass is 10.0. The van der Waals surface area contributed by atoms with Crippen LogP contribution < -0.4 is 21.7 Å². The van der Waals surface area contributed by atoms with Gasteiger partial charge in [-0.3, -0.25) is 14.4 Å². The van der Waals surface area contributed by atoms with Gasteiger partial charge < -0.3 is 31.9 Å². The third-order valence-corrected chi connectivity index (χ3v) is 5.94. The van der Waals surface area contributed by atoms with Gasteiger partial charge in [-0.2, -0.15) is 0 Å². The van der Waals surface area contributed by atoms with Crippen molar-refractivity contribution < 1.29 is 29.4 Å². The Bertz CT molecular complexity index is 1060. The first-order chi connectivity index (χ1) is 18.0. The van der Waals surface area contributed by atoms with Crippen molar-refractivity contribution in [1.82, 2.24) is 16.0 Å². The molecule has 5 atom stereocenters. The van der Waals surface area contributed by atoms with Crippen LogP contribution in [0.15, 0.2) is 60.7 Å². The monoisotopic (exact) mass is 526 g/mol. The molecule has 0 spiro atoms. The predicted molar refractivity (Wildman–Crippen MR) is 143 cm³/mol. The Balaban J connectivity index is 2.09. The third kappa shape index (κ3) is 9.95. The summed E-state index contributed by atoms with van der Waals surface area (Å²) in [5, 5.41) is 27.4. The topological polar surface area (TPSA) is 171 Å². The van der Waals surface area contributed by atoms with E-state index in [9.17, 15) is 29.4 Å². The van der Waals surface area contributed by atoms with Gasteiger partial charge in [-0.05, 0) is 36.8 Å². The van der Waals surface area contributed by atoms with Gasteiger partial charge in [0.1, 0.15) is 18.1 Å². The Hall–Kier alpha value is -3.76. The van der Waals surface area contributed by atoms with Crippen molar-refractivity contribution in [3.05, 3.63) is 71.8 Å². The van der Waals surface area contributed by atoms with Crippen LogP contribution in [0.3, 0.4) is 0 Å². The number of carbonyl (C=O) groups excluding carboxylic acids is 3. The van der Waals surface area contributed by atoms with Crippen molar-refractivity contribution in [2.45, 2.75) is 70.3 Å². The van der Waals surface area contributed by atoms with Crippen LogP contribution in [0.5, 0.6) is 0 Å². The fourth-order valence-electron chi connectivity index (χ4n) is 3.91. The molecule has 2 aromatic rings. The number of amides is 3. The molecule has 0 aromatic heterocycles. The number of aliphatic hydroxyl groups excluding tert-OH is 1. The van der Waals surface area contributed by atoms with Crippen LogP contribution in [-0.2, 0) is 32.0 Å². The second-order valence-electron chi connectivity index (χ2n) is 9.80. The maximum atomic E-state index is 13.2. The first kappa shape index (κ1) is 30.5. The number of rotatable bonds is 14. The molecule has 0 bridgehead atoms. The van der Waals surface area contributed by atoms with Crippen molar-refractivity contribution in [3.63, 3.8) is 0 Å². The molecule has 0 heterocycles. The maximum Gasteiger partial charge on any atom is 0.326 e. The lowest BCUT2D eigenvalue weighted by molar-refractivity contribution is -0.143. The lowest BCUT2D eigenvalue weighted by Gasteiger charge is -2.27. The van der Waals surface area contributed by atoms with Gasteiger partial charge in [0.15, 0.2) is 0 Å². The zero-order valence-corrected chi connectivity index (χ0v) is 22.0. The maximum absolute atomic E-state index is 13.2. The van der Waals surface area contributed by atoms with Crippen molar-refractivity contribution in [2.75, 3.05) is 0 Å². The normalized spacial score (nSPS) is 15.0. The lowest BCUT2D eigenvalue weighted by Crippen LogP contribution is -2.60. The van der Waals surface area contributed by atoms with Crippen LogP contribution in [0.4, 0.5) is 0 Å². The summed E-state index contributed by atoms with van der Waals surface area (Å²) in [7, 11) is 0. The van der Waals surface area contributed by atoms with Gasteiger partial charge in [0, 0.05) is 6.42 Å². The van der Waals surface area contributed by atoms with Crippen LogP contribution in [0.1, 0.15) is 38.3 Å². The van der Waals surface area contributed by atoms with E-state index < -0.39 is 54.0 Å².